The molecule has 1 aliphatic carbocycles. The van der Waals surface area contributed by atoms with E-state index in [0.717, 1.165) is 19.3 Å². The highest BCUT2D eigenvalue weighted by atomic mass is 16.2. The van der Waals surface area contributed by atoms with Gasteiger partial charge in [-0.15, -0.1) is 0 Å². The third-order valence-corrected chi connectivity index (χ3v) is 5.61. The third kappa shape index (κ3) is 2.45. The summed E-state index contributed by atoms with van der Waals surface area (Å²) in [4.78, 5) is 26.9. The van der Waals surface area contributed by atoms with E-state index in [1.807, 2.05) is 18.7 Å². The van der Waals surface area contributed by atoms with Gasteiger partial charge in [0.25, 0.3) is 0 Å². The zero-order valence-corrected chi connectivity index (χ0v) is 13.3. The van der Waals surface area contributed by atoms with Crippen molar-refractivity contribution in [3.8, 4) is 0 Å². The molecule has 0 aromatic rings. The molecule has 6 unspecified atom stereocenters. The van der Waals surface area contributed by atoms with Crippen LogP contribution in [0.2, 0.25) is 0 Å². The van der Waals surface area contributed by atoms with Gasteiger partial charge in [0.05, 0.1) is 0 Å². The molecular formula is C16H28N2O2. The summed E-state index contributed by atoms with van der Waals surface area (Å²) in [5, 5.41) is 2.92. The van der Waals surface area contributed by atoms with Crippen LogP contribution in [0.4, 0.5) is 0 Å². The summed E-state index contributed by atoms with van der Waals surface area (Å²) in [7, 11) is 0. The molecule has 0 bridgehead atoms. The Bertz CT molecular complexity index is 396. The first-order valence-electron chi connectivity index (χ1n) is 8.01. The Labute approximate surface area is 122 Å². The van der Waals surface area contributed by atoms with Gasteiger partial charge in [0.1, 0.15) is 12.1 Å². The van der Waals surface area contributed by atoms with E-state index in [1.165, 1.54) is 0 Å². The van der Waals surface area contributed by atoms with E-state index in [1.54, 1.807) is 0 Å². The van der Waals surface area contributed by atoms with Crippen molar-refractivity contribution in [2.75, 3.05) is 0 Å². The number of nitrogens with one attached hydrogen (secondary N) is 1. The lowest BCUT2D eigenvalue weighted by molar-refractivity contribution is -0.153. The topological polar surface area (TPSA) is 49.4 Å². The normalized spacial score (nSPS) is 39.9. The third-order valence-electron chi connectivity index (χ3n) is 5.61. The molecule has 2 aliphatic rings. The molecule has 6 atom stereocenters. The second-order valence-corrected chi connectivity index (χ2v) is 6.77. The lowest BCUT2D eigenvalue weighted by Crippen LogP contribution is -2.66. The first-order chi connectivity index (χ1) is 9.38. The lowest BCUT2D eigenvalue weighted by atomic mass is 9.90. The average molecular weight is 280 g/mol. The van der Waals surface area contributed by atoms with E-state index in [4.69, 9.17) is 0 Å². The van der Waals surface area contributed by atoms with E-state index in [-0.39, 0.29) is 35.9 Å². The Kier molecular flexibility index (Phi) is 4.40. The van der Waals surface area contributed by atoms with Crippen LogP contribution in [0, 0.1) is 17.8 Å². The Balaban J connectivity index is 2.25. The van der Waals surface area contributed by atoms with Crippen molar-refractivity contribution in [3.63, 3.8) is 0 Å². The van der Waals surface area contributed by atoms with Gasteiger partial charge in [0.15, 0.2) is 0 Å². The van der Waals surface area contributed by atoms with Gasteiger partial charge in [-0.2, -0.15) is 0 Å². The zero-order chi connectivity index (χ0) is 15.0. The quantitative estimate of drug-likeness (QED) is 0.861. The van der Waals surface area contributed by atoms with Crippen LogP contribution < -0.4 is 5.32 Å². The molecule has 1 aliphatic heterocycles. The highest BCUT2D eigenvalue weighted by molar-refractivity contribution is 5.97. The monoisotopic (exact) mass is 280 g/mol. The minimum absolute atomic E-state index is 0.00153. The molecule has 0 aromatic carbocycles. The first-order valence-corrected chi connectivity index (χ1v) is 8.01. The average Bonchev–Trinajstić information content (AvgIpc) is 2.74. The van der Waals surface area contributed by atoms with Gasteiger partial charge in [-0.1, -0.05) is 34.1 Å². The number of carbonyl (C=O) groups is 2. The number of carbonyl (C=O) groups excluding carboxylic acids is 2. The smallest absolute Gasteiger partial charge is 0.246 e. The number of piperazine rings is 1. The van der Waals surface area contributed by atoms with Gasteiger partial charge in [0, 0.05) is 6.04 Å². The molecule has 0 aromatic heterocycles. The minimum atomic E-state index is -0.341. The summed E-state index contributed by atoms with van der Waals surface area (Å²) < 4.78 is 0. The number of hydrogen-bond donors (Lipinski definition) is 1. The molecule has 1 saturated carbocycles. The first kappa shape index (κ1) is 15.3. The zero-order valence-electron chi connectivity index (χ0n) is 13.3. The number of hydrogen-bond acceptors (Lipinski definition) is 2. The van der Waals surface area contributed by atoms with E-state index < -0.39 is 0 Å². The second kappa shape index (κ2) is 5.74. The van der Waals surface area contributed by atoms with Gasteiger partial charge < -0.3 is 10.2 Å². The van der Waals surface area contributed by atoms with Crippen LogP contribution >= 0.6 is 0 Å². The van der Waals surface area contributed by atoms with Crippen molar-refractivity contribution in [2.45, 2.75) is 72.0 Å². The molecule has 1 heterocycles. The summed E-state index contributed by atoms with van der Waals surface area (Å²) in [5.74, 6) is 1.42. The molecule has 20 heavy (non-hydrogen) atoms. The molecular weight excluding hydrogens is 252 g/mol. The van der Waals surface area contributed by atoms with Crippen molar-refractivity contribution in [1.82, 2.24) is 10.2 Å². The number of rotatable bonds is 3. The summed E-state index contributed by atoms with van der Waals surface area (Å²) >= 11 is 0. The maximum absolute atomic E-state index is 12.8. The highest BCUT2D eigenvalue weighted by Crippen LogP contribution is 2.37. The molecule has 2 amide bonds. The van der Waals surface area contributed by atoms with Gasteiger partial charge in [-0.25, -0.2) is 0 Å². The van der Waals surface area contributed by atoms with E-state index >= 15 is 0 Å². The lowest BCUT2D eigenvalue weighted by Gasteiger charge is -2.44. The van der Waals surface area contributed by atoms with Crippen molar-refractivity contribution < 1.29 is 9.59 Å². The molecule has 114 valence electrons. The summed E-state index contributed by atoms with van der Waals surface area (Å²) in [6, 6.07) is -0.447. The van der Waals surface area contributed by atoms with Gasteiger partial charge >= 0.3 is 0 Å². The minimum Gasteiger partial charge on any atom is -0.342 e. The number of nitrogens with zero attached hydrogens (tertiary/aromatic N) is 1. The van der Waals surface area contributed by atoms with Gasteiger partial charge in [-0.3, -0.25) is 9.59 Å². The predicted octanol–water partition coefficient (Wildman–Crippen LogP) is 2.18. The summed E-state index contributed by atoms with van der Waals surface area (Å²) in [5.41, 5.74) is 0. The molecule has 2 fully saturated rings. The van der Waals surface area contributed by atoms with Crippen LogP contribution in [-0.4, -0.2) is 34.8 Å². The SMILES string of the molecule is CCC(C)C1NC(=O)C(C)N(C2CCC(C)C2C)C1=O. The van der Waals surface area contributed by atoms with E-state index in [9.17, 15) is 9.59 Å². The van der Waals surface area contributed by atoms with Crippen LogP contribution in [0.15, 0.2) is 0 Å². The molecule has 0 radical (unpaired) electrons. The molecule has 1 N–H and O–H groups in total. The predicted molar refractivity (Wildman–Crippen MR) is 79.0 cm³/mol. The van der Waals surface area contributed by atoms with E-state index in [0.29, 0.717) is 11.8 Å². The second-order valence-electron chi connectivity index (χ2n) is 6.77. The van der Waals surface area contributed by atoms with Gasteiger partial charge in [-0.05, 0) is 37.5 Å². The fourth-order valence-electron chi connectivity index (χ4n) is 3.62. The van der Waals surface area contributed by atoms with E-state index in [2.05, 4.69) is 26.1 Å². The largest absolute Gasteiger partial charge is 0.342 e. The van der Waals surface area contributed by atoms with Crippen LogP contribution in [0.3, 0.4) is 0 Å². The highest BCUT2D eigenvalue weighted by Gasteiger charge is 2.46. The summed E-state index contributed by atoms with van der Waals surface area (Å²) in [6.07, 6.45) is 3.08. The Hall–Kier alpha value is -1.06. The molecule has 4 nitrogen and oxygen atoms in total. The molecule has 2 rings (SSSR count). The Morgan fingerprint density at radius 2 is 1.90 bits per heavy atom. The molecule has 0 spiro atoms. The van der Waals surface area contributed by atoms with Crippen molar-refractivity contribution in [1.29, 1.82) is 0 Å². The Morgan fingerprint density at radius 1 is 1.25 bits per heavy atom. The Morgan fingerprint density at radius 3 is 2.40 bits per heavy atom. The maximum atomic E-state index is 12.8. The summed E-state index contributed by atoms with van der Waals surface area (Å²) in [6.45, 7) is 10.4. The molecule has 4 heteroatoms. The molecule has 1 saturated heterocycles. The standard InChI is InChI=1S/C16H28N2O2/c1-6-9(2)14-16(20)18(12(5)15(19)17-14)13-8-7-10(3)11(13)4/h9-14H,6-8H2,1-5H3,(H,17,19). The van der Waals surface area contributed by atoms with Crippen LogP contribution in [0.5, 0.6) is 0 Å². The van der Waals surface area contributed by atoms with Crippen LogP contribution in [-0.2, 0) is 9.59 Å². The maximum Gasteiger partial charge on any atom is 0.246 e. The van der Waals surface area contributed by atoms with Crippen LogP contribution in [0.1, 0.15) is 53.9 Å². The number of amides is 2. The fraction of sp³-hybridized carbons (Fsp3) is 0.875. The van der Waals surface area contributed by atoms with Crippen molar-refractivity contribution in [3.05, 3.63) is 0 Å². The fourth-order valence-corrected chi connectivity index (χ4v) is 3.62. The van der Waals surface area contributed by atoms with Crippen molar-refractivity contribution in [2.24, 2.45) is 17.8 Å². The van der Waals surface area contributed by atoms with Crippen LogP contribution in [0.25, 0.3) is 0 Å². The van der Waals surface area contributed by atoms with Crippen molar-refractivity contribution >= 4 is 11.8 Å². The van der Waals surface area contributed by atoms with Gasteiger partial charge in [0.2, 0.25) is 11.8 Å².